The summed E-state index contributed by atoms with van der Waals surface area (Å²) in [6.45, 7) is 3.36. The first kappa shape index (κ1) is 18.2. The monoisotopic (exact) mass is 408 g/mol. The molecular formula is C16H14BrClN4O2. The van der Waals surface area contributed by atoms with Crippen LogP contribution in [0, 0.1) is 11.3 Å². The van der Waals surface area contributed by atoms with Crippen LogP contribution in [0.5, 0.6) is 5.88 Å². The van der Waals surface area contributed by atoms with Gasteiger partial charge in [-0.15, -0.1) is 0 Å². The van der Waals surface area contributed by atoms with Gasteiger partial charge < -0.3 is 10.1 Å². The number of amides is 1. The van der Waals surface area contributed by atoms with Crippen molar-refractivity contribution >= 4 is 33.4 Å². The summed E-state index contributed by atoms with van der Waals surface area (Å²) in [6, 6.07) is 8.74. The summed E-state index contributed by atoms with van der Waals surface area (Å²) in [7, 11) is 0. The SMILES string of the molecule is CC(C)(C#N)NC(=O)c1cc(Cl)c(COc2cccc(Br)n2)cn1. The number of carbonyl (C=O) groups is 1. The molecular weight excluding hydrogens is 396 g/mol. The Morgan fingerprint density at radius 2 is 2.25 bits per heavy atom. The van der Waals surface area contributed by atoms with E-state index in [4.69, 9.17) is 21.6 Å². The van der Waals surface area contributed by atoms with E-state index in [0.29, 0.717) is 21.1 Å². The van der Waals surface area contributed by atoms with Crippen LogP contribution >= 0.6 is 27.5 Å². The van der Waals surface area contributed by atoms with E-state index in [0.717, 1.165) is 0 Å². The highest BCUT2D eigenvalue weighted by molar-refractivity contribution is 9.10. The van der Waals surface area contributed by atoms with E-state index in [1.165, 1.54) is 12.3 Å². The Hall–Kier alpha value is -2.17. The fraction of sp³-hybridized carbons (Fsp3) is 0.250. The third kappa shape index (κ3) is 4.91. The standard InChI is InChI=1S/C16H14BrClN4O2/c1-16(2,9-19)22-15(23)12-6-11(18)10(7-20-12)8-24-14-5-3-4-13(17)21-14/h3-7H,8H2,1-2H3,(H,22,23). The minimum Gasteiger partial charge on any atom is -0.473 e. The number of nitrogens with one attached hydrogen (secondary N) is 1. The van der Waals surface area contributed by atoms with Gasteiger partial charge in [-0.3, -0.25) is 9.78 Å². The molecule has 0 unspecified atom stereocenters. The topological polar surface area (TPSA) is 87.9 Å². The number of rotatable bonds is 5. The highest BCUT2D eigenvalue weighted by atomic mass is 79.9. The molecule has 0 bridgehead atoms. The highest BCUT2D eigenvalue weighted by Gasteiger charge is 2.21. The lowest BCUT2D eigenvalue weighted by Gasteiger charge is -2.17. The van der Waals surface area contributed by atoms with Gasteiger partial charge in [0.25, 0.3) is 5.91 Å². The summed E-state index contributed by atoms with van der Waals surface area (Å²) in [5.74, 6) is -0.0254. The summed E-state index contributed by atoms with van der Waals surface area (Å²) in [5, 5.41) is 11.9. The summed E-state index contributed by atoms with van der Waals surface area (Å²) in [4.78, 5) is 20.3. The molecule has 0 aliphatic carbocycles. The molecule has 6 nitrogen and oxygen atoms in total. The number of nitriles is 1. The zero-order valence-corrected chi connectivity index (χ0v) is 15.3. The van der Waals surface area contributed by atoms with Crippen LogP contribution in [0.1, 0.15) is 29.9 Å². The van der Waals surface area contributed by atoms with E-state index in [1.807, 2.05) is 6.07 Å². The fourth-order valence-electron chi connectivity index (χ4n) is 1.69. The van der Waals surface area contributed by atoms with E-state index in [9.17, 15) is 4.79 Å². The number of carbonyl (C=O) groups excluding carboxylic acids is 1. The minimum absolute atomic E-state index is 0.132. The second-order valence-electron chi connectivity index (χ2n) is 5.44. The molecule has 0 fully saturated rings. The predicted molar refractivity (Wildman–Crippen MR) is 92.7 cm³/mol. The van der Waals surface area contributed by atoms with Gasteiger partial charge in [0, 0.05) is 17.8 Å². The van der Waals surface area contributed by atoms with Gasteiger partial charge in [0.15, 0.2) is 0 Å². The number of hydrogen-bond donors (Lipinski definition) is 1. The fourth-order valence-corrected chi connectivity index (χ4v) is 2.22. The van der Waals surface area contributed by atoms with Crippen molar-refractivity contribution < 1.29 is 9.53 Å². The third-order valence-electron chi connectivity index (χ3n) is 2.93. The van der Waals surface area contributed by atoms with Gasteiger partial charge in [-0.1, -0.05) is 17.7 Å². The third-order valence-corrected chi connectivity index (χ3v) is 3.73. The van der Waals surface area contributed by atoms with Crippen LogP contribution in [-0.2, 0) is 6.61 Å². The number of ether oxygens (including phenoxy) is 1. The number of nitrogens with zero attached hydrogens (tertiary/aromatic N) is 3. The van der Waals surface area contributed by atoms with Crippen molar-refractivity contribution in [1.82, 2.24) is 15.3 Å². The number of aromatic nitrogens is 2. The van der Waals surface area contributed by atoms with Gasteiger partial charge >= 0.3 is 0 Å². The summed E-state index contributed by atoms with van der Waals surface area (Å²) in [6.07, 6.45) is 1.47. The molecule has 0 saturated carbocycles. The molecule has 24 heavy (non-hydrogen) atoms. The Balaban J connectivity index is 2.07. The molecule has 8 heteroatoms. The summed E-state index contributed by atoms with van der Waals surface area (Å²) < 4.78 is 6.21. The van der Waals surface area contributed by atoms with Crippen LogP contribution in [-0.4, -0.2) is 21.4 Å². The lowest BCUT2D eigenvalue weighted by Crippen LogP contribution is -2.42. The van der Waals surface area contributed by atoms with E-state index >= 15 is 0 Å². The van der Waals surface area contributed by atoms with E-state index < -0.39 is 11.4 Å². The zero-order valence-electron chi connectivity index (χ0n) is 13.0. The van der Waals surface area contributed by atoms with Crippen molar-refractivity contribution in [3.05, 3.63) is 51.3 Å². The van der Waals surface area contributed by atoms with Crippen LogP contribution < -0.4 is 10.1 Å². The normalized spacial score (nSPS) is 10.8. The van der Waals surface area contributed by atoms with Gasteiger partial charge in [0.2, 0.25) is 5.88 Å². The quantitative estimate of drug-likeness (QED) is 0.764. The van der Waals surface area contributed by atoms with Crippen LogP contribution in [0.3, 0.4) is 0 Å². The molecule has 1 amide bonds. The van der Waals surface area contributed by atoms with Crippen molar-refractivity contribution in [3.63, 3.8) is 0 Å². The smallest absolute Gasteiger partial charge is 0.271 e. The Morgan fingerprint density at radius 1 is 1.50 bits per heavy atom. The molecule has 0 aromatic carbocycles. The van der Waals surface area contributed by atoms with Crippen molar-refractivity contribution in [2.75, 3.05) is 0 Å². The van der Waals surface area contributed by atoms with Crippen molar-refractivity contribution in [2.24, 2.45) is 0 Å². The molecule has 124 valence electrons. The molecule has 0 radical (unpaired) electrons. The number of pyridine rings is 2. The Morgan fingerprint density at radius 3 is 2.88 bits per heavy atom. The number of halogens is 2. The molecule has 0 atom stereocenters. The van der Waals surface area contributed by atoms with Gasteiger partial charge in [0.05, 0.1) is 11.1 Å². The van der Waals surface area contributed by atoms with Crippen molar-refractivity contribution in [2.45, 2.75) is 26.0 Å². The Kier molecular flexibility index (Phi) is 5.75. The average molecular weight is 410 g/mol. The molecule has 2 aromatic rings. The average Bonchev–Trinajstić information content (AvgIpc) is 2.53. The molecule has 1 N–H and O–H groups in total. The van der Waals surface area contributed by atoms with Gasteiger partial charge in [-0.2, -0.15) is 5.26 Å². The zero-order chi connectivity index (χ0) is 17.7. The molecule has 0 aliphatic heterocycles. The lowest BCUT2D eigenvalue weighted by atomic mass is 10.1. The van der Waals surface area contributed by atoms with E-state index in [2.05, 4.69) is 31.2 Å². The first-order chi connectivity index (χ1) is 11.3. The largest absolute Gasteiger partial charge is 0.473 e. The summed E-state index contributed by atoms with van der Waals surface area (Å²) >= 11 is 9.44. The van der Waals surface area contributed by atoms with Gasteiger partial charge in [0.1, 0.15) is 22.4 Å². The van der Waals surface area contributed by atoms with Crippen LogP contribution in [0.2, 0.25) is 5.02 Å². The Bertz CT molecular complexity index is 805. The minimum atomic E-state index is -0.987. The van der Waals surface area contributed by atoms with E-state index in [1.54, 1.807) is 32.0 Å². The molecule has 2 rings (SSSR count). The highest BCUT2D eigenvalue weighted by Crippen LogP contribution is 2.19. The number of hydrogen-bond acceptors (Lipinski definition) is 5. The van der Waals surface area contributed by atoms with Crippen LogP contribution in [0.25, 0.3) is 0 Å². The predicted octanol–water partition coefficient (Wildman–Crippen LogP) is 3.50. The van der Waals surface area contributed by atoms with Gasteiger partial charge in [-0.25, -0.2) is 4.98 Å². The molecule has 0 saturated heterocycles. The molecule has 2 aromatic heterocycles. The first-order valence-electron chi connectivity index (χ1n) is 6.94. The second-order valence-corrected chi connectivity index (χ2v) is 6.66. The lowest BCUT2D eigenvalue weighted by molar-refractivity contribution is 0.0924. The van der Waals surface area contributed by atoms with Crippen LogP contribution in [0.15, 0.2) is 35.1 Å². The molecule has 0 aliphatic rings. The first-order valence-corrected chi connectivity index (χ1v) is 8.11. The van der Waals surface area contributed by atoms with Crippen molar-refractivity contribution in [1.29, 1.82) is 5.26 Å². The van der Waals surface area contributed by atoms with Crippen molar-refractivity contribution in [3.8, 4) is 11.9 Å². The van der Waals surface area contributed by atoms with Gasteiger partial charge in [-0.05, 0) is 41.9 Å². The maximum absolute atomic E-state index is 12.1. The Labute approximate surface area is 153 Å². The maximum Gasteiger partial charge on any atom is 0.271 e. The summed E-state index contributed by atoms with van der Waals surface area (Å²) in [5.41, 5.74) is -0.235. The van der Waals surface area contributed by atoms with E-state index in [-0.39, 0.29) is 12.3 Å². The molecule has 0 spiro atoms. The maximum atomic E-state index is 12.1. The molecule has 2 heterocycles. The van der Waals surface area contributed by atoms with Crippen LogP contribution in [0.4, 0.5) is 0 Å². The second kappa shape index (κ2) is 7.60.